The number of benzene rings is 3. The van der Waals surface area contributed by atoms with Gasteiger partial charge in [-0.3, -0.25) is 5.01 Å². The molecule has 1 aliphatic heterocycles. The van der Waals surface area contributed by atoms with Gasteiger partial charge in [0.25, 0.3) is 0 Å². The summed E-state index contributed by atoms with van der Waals surface area (Å²) in [7, 11) is 0. The Hall–Kier alpha value is -3.66. The molecule has 4 heteroatoms. The zero-order valence-corrected chi connectivity index (χ0v) is 17.0. The highest BCUT2D eigenvalue weighted by Gasteiger charge is 2.32. The molecule has 0 N–H and O–H groups in total. The summed E-state index contributed by atoms with van der Waals surface area (Å²) < 4.78 is 5.58. The molecule has 1 unspecified atom stereocenters. The molecule has 5 rings (SSSR count). The van der Waals surface area contributed by atoms with Crippen LogP contribution in [0.1, 0.15) is 34.7 Å². The van der Waals surface area contributed by atoms with Crippen molar-refractivity contribution in [2.45, 2.75) is 26.3 Å². The highest BCUT2D eigenvalue weighted by Crippen LogP contribution is 2.38. The minimum atomic E-state index is -0.345. The van der Waals surface area contributed by atoms with Crippen LogP contribution in [0.25, 0.3) is 11.0 Å². The van der Waals surface area contributed by atoms with E-state index in [9.17, 15) is 4.79 Å². The monoisotopic (exact) mass is 394 g/mol. The number of para-hydroxylation sites is 2. The van der Waals surface area contributed by atoms with E-state index in [1.165, 1.54) is 16.7 Å². The maximum atomic E-state index is 12.8. The first-order chi connectivity index (χ1) is 14.6. The second-order valence-electron chi connectivity index (χ2n) is 7.79. The number of hydrogen-bond acceptors (Lipinski definition) is 4. The second-order valence-corrected chi connectivity index (χ2v) is 7.79. The lowest BCUT2D eigenvalue weighted by molar-refractivity contribution is 0.559. The van der Waals surface area contributed by atoms with Crippen molar-refractivity contribution in [3.8, 4) is 0 Å². The number of hydrogen-bond donors (Lipinski definition) is 0. The predicted octanol–water partition coefficient (Wildman–Crippen LogP) is 5.77. The largest absolute Gasteiger partial charge is 0.422 e. The van der Waals surface area contributed by atoms with Crippen molar-refractivity contribution in [3.05, 3.63) is 112 Å². The molecule has 30 heavy (non-hydrogen) atoms. The molecule has 0 saturated heterocycles. The van der Waals surface area contributed by atoms with E-state index in [1.54, 1.807) is 0 Å². The van der Waals surface area contributed by atoms with Gasteiger partial charge < -0.3 is 4.42 Å². The Morgan fingerprint density at radius 1 is 0.933 bits per heavy atom. The maximum Gasteiger partial charge on any atom is 0.345 e. The van der Waals surface area contributed by atoms with E-state index in [-0.39, 0.29) is 11.7 Å². The molecule has 1 aliphatic rings. The first kappa shape index (κ1) is 18.4. The fourth-order valence-corrected chi connectivity index (χ4v) is 4.12. The van der Waals surface area contributed by atoms with Crippen LogP contribution in [0.5, 0.6) is 0 Å². The minimum absolute atomic E-state index is 0.0215. The van der Waals surface area contributed by atoms with Gasteiger partial charge >= 0.3 is 5.63 Å². The summed E-state index contributed by atoms with van der Waals surface area (Å²) in [5.74, 6) is 0. The van der Waals surface area contributed by atoms with Gasteiger partial charge in [-0.15, -0.1) is 0 Å². The molecule has 4 nitrogen and oxygen atoms in total. The second kappa shape index (κ2) is 7.30. The summed E-state index contributed by atoms with van der Waals surface area (Å²) in [6.07, 6.45) is 0.641. The Morgan fingerprint density at radius 3 is 2.53 bits per heavy atom. The van der Waals surface area contributed by atoms with Crippen LogP contribution < -0.4 is 10.6 Å². The number of rotatable bonds is 3. The summed E-state index contributed by atoms with van der Waals surface area (Å²) in [5.41, 5.74) is 6.19. The molecule has 0 fully saturated rings. The van der Waals surface area contributed by atoms with Crippen LogP contribution in [0, 0.1) is 13.8 Å². The van der Waals surface area contributed by atoms with Gasteiger partial charge in [0.15, 0.2) is 0 Å². The van der Waals surface area contributed by atoms with Crippen LogP contribution in [0.3, 0.4) is 0 Å². The predicted molar refractivity (Wildman–Crippen MR) is 121 cm³/mol. The highest BCUT2D eigenvalue weighted by molar-refractivity contribution is 6.04. The Kier molecular flexibility index (Phi) is 4.47. The molecular weight excluding hydrogens is 372 g/mol. The smallest absolute Gasteiger partial charge is 0.345 e. The molecule has 1 atom stereocenters. The van der Waals surface area contributed by atoms with Crippen LogP contribution in [0.4, 0.5) is 5.69 Å². The minimum Gasteiger partial charge on any atom is -0.422 e. The van der Waals surface area contributed by atoms with Gasteiger partial charge in [-0.25, -0.2) is 4.79 Å². The standard InChI is InChI=1S/C26H22N2O2/c1-17-12-13-18(2)21(14-17)24-16-23(27-28(24)20-9-4-3-5-10-20)22-15-19-8-6-7-11-25(19)30-26(22)29/h3-15,24H,16H2,1-2H3. The molecule has 0 bridgehead atoms. The molecule has 4 aromatic rings. The summed E-state index contributed by atoms with van der Waals surface area (Å²) in [6.45, 7) is 4.23. The van der Waals surface area contributed by atoms with Crippen LogP contribution in [0.15, 0.2) is 93.2 Å². The molecule has 3 aromatic carbocycles. The molecule has 0 aliphatic carbocycles. The number of aryl methyl sites for hydroxylation is 2. The maximum absolute atomic E-state index is 12.8. The fraction of sp³-hybridized carbons (Fsp3) is 0.154. The lowest BCUT2D eigenvalue weighted by atomic mass is 9.94. The molecule has 1 aromatic heterocycles. The number of fused-ring (bicyclic) bond motifs is 1. The van der Waals surface area contributed by atoms with E-state index >= 15 is 0 Å². The number of hydrazone groups is 1. The summed E-state index contributed by atoms with van der Waals surface area (Å²) in [5, 5.41) is 7.85. The lowest BCUT2D eigenvalue weighted by Gasteiger charge is -2.25. The van der Waals surface area contributed by atoms with Gasteiger partial charge in [0.1, 0.15) is 5.58 Å². The summed E-state index contributed by atoms with van der Waals surface area (Å²) in [4.78, 5) is 12.8. The van der Waals surface area contributed by atoms with Gasteiger partial charge in [0, 0.05) is 11.8 Å². The van der Waals surface area contributed by atoms with Crippen LogP contribution in [0.2, 0.25) is 0 Å². The van der Waals surface area contributed by atoms with Crippen LogP contribution in [-0.4, -0.2) is 5.71 Å². The molecule has 0 amide bonds. The average molecular weight is 394 g/mol. The highest BCUT2D eigenvalue weighted by atomic mass is 16.4. The van der Waals surface area contributed by atoms with Crippen molar-refractivity contribution in [3.63, 3.8) is 0 Å². The molecule has 2 heterocycles. The quantitative estimate of drug-likeness (QED) is 0.415. The van der Waals surface area contributed by atoms with Crippen molar-refractivity contribution < 1.29 is 4.42 Å². The van der Waals surface area contributed by atoms with E-state index < -0.39 is 0 Å². The number of nitrogens with zero attached hydrogens (tertiary/aromatic N) is 2. The third-order valence-corrected chi connectivity index (χ3v) is 5.68. The van der Waals surface area contributed by atoms with Crippen molar-refractivity contribution in [1.29, 1.82) is 0 Å². The Morgan fingerprint density at radius 2 is 1.70 bits per heavy atom. The van der Waals surface area contributed by atoms with E-state index in [1.807, 2.05) is 65.7 Å². The van der Waals surface area contributed by atoms with Gasteiger partial charge in [0.2, 0.25) is 0 Å². The third kappa shape index (κ3) is 3.20. The Labute approximate surface area is 175 Å². The number of anilines is 1. The zero-order valence-electron chi connectivity index (χ0n) is 17.0. The molecule has 148 valence electrons. The van der Waals surface area contributed by atoms with Crippen LogP contribution >= 0.6 is 0 Å². The lowest BCUT2D eigenvalue weighted by Crippen LogP contribution is -2.19. The zero-order chi connectivity index (χ0) is 20.7. The Balaban J connectivity index is 1.65. The van der Waals surface area contributed by atoms with E-state index in [0.29, 0.717) is 17.6 Å². The molecule has 0 spiro atoms. The first-order valence-electron chi connectivity index (χ1n) is 10.1. The average Bonchev–Trinajstić information content (AvgIpc) is 3.20. The summed E-state index contributed by atoms with van der Waals surface area (Å²) >= 11 is 0. The van der Waals surface area contributed by atoms with Crippen LogP contribution in [-0.2, 0) is 0 Å². The van der Waals surface area contributed by atoms with Crippen molar-refractivity contribution in [1.82, 2.24) is 0 Å². The van der Waals surface area contributed by atoms with Crippen molar-refractivity contribution >= 4 is 22.4 Å². The van der Waals surface area contributed by atoms with E-state index in [4.69, 9.17) is 9.52 Å². The normalized spacial score (nSPS) is 16.1. The van der Waals surface area contributed by atoms with Crippen molar-refractivity contribution in [2.75, 3.05) is 5.01 Å². The molecule has 0 radical (unpaired) electrons. The first-order valence-corrected chi connectivity index (χ1v) is 10.1. The molecule has 0 saturated carbocycles. The summed E-state index contributed by atoms with van der Waals surface area (Å²) in [6, 6.07) is 26.1. The topological polar surface area (TPSA) is 45.8 Å². The van der Waals surface area contributed by atoms with Crippen molar-refractivity contribution in [2.24, 2.45) is 5.10 Å². The fourth-order valence-electron chi connectivity index (χ4n) is 4.12. The van der Waals surface area contributed by atoms with Gasteiger partial charge in [-0.05, 0) is 49.2 Å². The van der Waals surface area contributed by atoms with Gasteiger partial charge in [-0.2, -0.15) is 5.10 Å². The SMILES string of the molecule is Cc1ccc(C)c(C2CC(c3cc4ccccc4oc3=O)=NN2c2ccccc2)c1. The van der Waals surface area contributed by atoms with E-state index in [0.717, 1.165) is 16.8 Å². The Bertz CT molecular complexity index is 1320. The van der Waals surface area contributed by atoms with E-state index in [2.05, 4.69) is 32.0 Å². The van der Waals surface area contributed by atoms with Gasteiger partial charge in [-0.1, -0.05) is 60.2 Å². The van der Waals surface area contributed by atoms with Gasteiger partial charge in [0.05, 0.1) is 23.0 Å². The third-order valence-electron chi connectivity index (χ3n) is 5.68. The molecular formula is C26H22N2O2.